The highest BCUT2D eigenvalue weighted by Crippen LogP contribution is 2.31. The van der Waals surface area contributed by atoms with Crippen molar-refractivity contribution in [3.8, 4) is 17.2 Å². The van der Waals surface area contributed by atoms with Crippen LogP contribution in [0.25, 0.3) is 6.08 Å². The summed E-state index contributed by atoms with van der Waals surface area (Å²) in [6, 6.07) is 11.0. The largest absolute Gasteiger partial charge is 0.496 e. The molecule has 0 amide bonds. The molecule has 0 fully saturated rings. The van der Waals surface area contributed by atoms with Crippen LogP contribution in [0.5, 0.6) is 17.2 Å². The Bertz CT molecular complexity index is 1070. The minimum absolute atomic E-state index is 0.102. The molecule has 2 aromatic carbocycles. The van der Waals surface area contributed by atoms with Gasteiger partial charge in [0.05, 0.1) is 24.3 Å². The van der Waals surface area contributed by atoms with Crippen LogP contribution < -0.4 is 14.2 Å². The molecule has 1 aliphatic heterocycles. The molecule has 1 aromatic heterocycles. The van der Waals surface area contributed by atoms with Crippen molar-refractivity contribution in [2.24, 2.45) is 0 Å². The van der Waals surface area contributed by atoms with Gasteiger partial charge in [0.2, 0.25) is 0 Å². The molecule has 0 saturated heterocycles. The fraction of sp³-hybridized carbons (Fsp3) is 0.182. The smallest absolute Gasteiger partial charge is 0.185 e. The van der Waals surface area contributed by atoms with Crippen LogP contribution in [0.1, 0.15) is 21.5 Å². The topological polar surface area (TPSA) is 62.6 Å². The van der Waals surface area contributed by atoms with Crippen molar-refractivity contribution < 1.29 is 19.0 Å². The predicted molar refractivity (Wildman–Crippen MR) is 113 cm³/mol. The van der Waals surface area contributed by atoms with Gasteiger partial charge in [-0.3, -0.25) is 9.48 Å². The summed E-state index contributed by atoms with van der Waals surface area (Å²) in [6.07, 6.45) is 6.98. The van der Waals surface area contributed by atoms with Gasteiger partial charge in [-0.1, -0.05) is 12.1 Å². The second-order valence-corrected chi connectivity index (χ2v) is 7.40. The number of carbonyl (C=O) groups excluding carboxylic acids is 1. The lowest BCUT2D eigenvalue weighted by Crippen LogP contribution is -2.15. The van der Waals surface area contributed by atoms with E-state index in [9.17, 15) is 4.79 Å². The molecule has 4 rings (SSSR count). The van der Waals surface area contributed by atoms with Crippen LogP contribution in [0.4, 0.5) is 0 Å². The average Bonchev–Trinajstić information content (AvgIpc) is 3.16. The minimum atomic E-state index is -0.102. The van der Waals surface area contributed by atoms with Crippen molar-refractivity contribution >= 4 is 27.8 Å². The number of halogens is 1. The van der Waals surface area contributed by atoms with Crippen molar-refractivity contribution in [1.29, 1.82) is 0 Å². The highest BCUT2D eigenvalue weighted by atomic mass is 79.9. The number of methoxy groups -OCH3 is 1. The van der Waals surface area contributed by atoms with Gasteiger partial charge >= 0.3 is 0 Å². The maximum Gasteiger partial charge on any atom is 0.185 e. The summed E-state index contributed by atoms with van der Waals surface area (Å²) in [5.41, 5.74) is 2.43. The second kappa shape index (κ2) is 8.53. The summed E-state index contributed by atoms with van der Waals surface area (Å²) >= 11 is 3.40. The first kappa shape index (κ1) is 19.3. The lowest BCUT2D eigenvalue weighted by molar-refractivity contribution is 0.104. The summed E-state index contributed by atoms with van der Waals surface area (Å²) in [5.74, 6) is 1.94. The zero-order valence-electron chi connectivity index (χ0n) is 15.8. The average molecular weight is 455 g/mol. The molecule has 0 spiro atoms. The Morgan fingerprint density at radius 2 is 2.03 bits per heavy atom. The number of ketones is 1. The summed E-state index contributed by atoms with van der Waals surface area (Å²) in [7, 11) is 1.64. The SMILES string of the molecule is COc1ccc(/C=C/C(=O)c2ccc3c(c2)OCCO3)cc1Cn1cc(Br)cn1. The first-order chi connectivity index (χ1) is 14.1. The number of hydrogen-bond acceptors (Lipinski definition) is 5. The van der Waals surface area contributed by atoms with Crippen molar-refractivity contribution in [2.75, 3.05) is 20.3 Å². The van der Waals surface area contributed by atoms with Crippen LogP contribution in [0.15, 0.2) is 59.3 Å². The summed E-state index contributed by atoms with van der Waals surface area (Å²) in [6.45, 7) is 1.57. The lowest BCUT2D eigenvalue weighted by atomic mass is 10.1. The van der Waals surface area contributed by atoms with E-state index in [0.29, 0.717) is 36.8 Å². The fourth-order valence-electron chi connectivity index (χ4n) is 3.09. The standard InChI is InChI=1S/C22H19BrN2O4/c1-27-20-6-3-15(10-17(20)13-25-14-18(23)12-24-25)2-5-19(26)16-4-7-21-22(11-16)29-9-8-28-21/h2-7,10-12,14H,8-9,13H2,1H3/b5-2+. The molecule has 1 aliphatic rings. The van der Waals surface area contributed by atoms with Gasteiger partial charge in [0.25, 0.3) is 0 Å². The summed E-state index contributed by atoms with van der Waals surface area (Å²) < 4.78 is 19.2. The molecule has 2 heterocycles. The number of allylic oxidation sites excluding steroid dienone is 1. The molecule has 148 valence electrons. The molecule has 0 bridgehead atoms. The van der Waals surface area contributed by atoms with Crippen molar-refractivity contribution in [3.05, 3.63) is 76.0 Å². The van der Waals surface area contributed by atoms with Gasteiger partial charge in [0, 0.05) is 17.3 Å². The van der Waals surface area contributed by atoms with Crippen LogP contribution in [-0.4, -0.2) is 35.9 Å². The third-order valence-electron chi connectivity index (χ3n) is 4.49. The van der Waals surface area contributed by atoms with E-state index in [1.807, 2.05) is 29.1 Å². The van der Waals surface area contributed by atoms with Gasteiger partial charge in [-0.25, -0.2) is 0 Å². The van der Waals surface area contributed by atoms with Crippen molar-refractivity contribution in [3.63, 3.8) is 0 Å². The molecule has 0 aliphatic carbocycles. The van der Waals surface area contributed by atoms with Gasteiger partial charge in [0.15, 0.2) is 17.3 Å². The van der Waals surface area contributed by atoms with E-state index < -0.39 is 0 Å². The molecule has 0 N–H and O–H groups in total. The lowest BCUT2D eigenvalue weighted by Gasteiger charge is -2.18. The Morgan fingerprint density at radius 1 is 1.21 bits per heavy atom. The van der Waals surface area contributed by atoms with E-state index in [4.69, 9.17) is 14.2 Å². The first-order valence-corrected chi connectivity index (χ1v) is 9.88. The zero-order valence-corrected chi connectivity index (χ0v) is 17.4. The first-order valence-electron chi connectivity index (χ1n) is 9.09. The molecule has 3 aromatic rings. The van der Waals surface area contributed by atoms with E-state index in [0.717, 1.165) is 21.3 Å². The summed E-state index contributed by atoms with van der Waals surface area (Å²) in [5, 5.41) is 4.29. The number of hydrogen-bond donors (Lipinski definition) is 0. The van der Waals surface area contributed by atoms with Gasteiger partial charge in [-0.2, -0.15) is 5.10 Å². The Kier molecular flexibility index (Phi) is 5.67. The molecule has 29 heavy (non-hydrogen) atoms. The fourth-order valence-corrected chi connectivity index (χ4v) is 3.42. The Morgan fingerprint density at radius 3 is 2.79 bits per heavy atom. The van der Waals surface area contributed by atoms with Crippen LogP contribution in [0.2, 0.25) is 0 Å². The second-order valence-electron chi connectivity index (χ2n) is 6.48. The Hall–Kier alpha value is -3.06. The van der Waals surface area contributed by atoms with E-state index in [1.165, 1.54) is 0 Å². The quantitative estimate of drug-likeness (QED) is 0.408. The minimum Gasteiger partial charge on any atom is -0.496 e. The van der Waals surface area contributed by atoms with Crippen LogP contribution in [0.3, 0.4) is 0 Å². The number of nitrogens with zero attached hydrogens (tertiary/aromatic N) is 2. The van der Waals surface area contributed by atoms with Gasteiger partial charge in [-0.05, 0) is 57.9 Å². The number of fused-ring (bicyclic) bond motifs is 1. The zero-order chi connectivity index (χ0) is 20.2. The third-order valence-corrected chi connectivity index (χ3v) is 4.90. The van der Waals surface area contributed by atoms with E-state index >= 15 is 0 Å². The Balaban J connectivity index is 1.53. The molecular weight excluding hydrogens is 436 g/mol. The van der Waals surface area contributed by atoms with Crippen LogP contribution in [0, 0.1) is 0 Å². The highest BCUT2D eigenvalue weighted by Gasteiger charge is 2.14. The number of benzene rings is 2. The highest BCUT2D eigenvalue weighted by molar-refractivity contribution is 9.10. The molecule has 0 atom stereocenters. The number of aromatic nitrogens is 2. The van der Waals surface area contributed by atoms with Gasteiger partial charge < -0.3 is 14.2 Å². The molecule has 0 radical (unpaired) electrons. The number of rotatable bonds is 6. The van der Waals surface area contributed by atoms with E-state index in [-0.39, 0.29) is 5.78 Å². The summed E-state index contributed by atoms with van der Waals surface area (Å²) in [4.78, 5) is 12.6. The molecule has 0 saturated carbocycles. The van der Waals surface area contributed by atoms with Crippen molar-refractivity contribution in [1.82, 2.24) is 9.78 Å². The predicted octanol–water partition coefficient (Wildman–Crippen LogP) is 4.37. The van der Waals surface area contributed by atoms with Crippen LogP contribution >= 0.6 is 15.9 Å². The van der Waals surface area contributed by atoms with E-state index in [1.54, 1.807) is 43.7 Å². The molecule has 7 heteroatoms. The monoisotopic (exact) mass is 454 g/mol. The van der Waals surface area contributed by atoms with E-state index in [2.05, 4.69) is 21.0 Å². The van der Waals surface area contributed by atoms with Gasteiger partial charge in [-0.15, -0.1) is 0 Å². The maximum absolute atomic E-state index is 12.6. The van der Waals surface area contributed by atoms with Crippen LogP contribution in [-0.2, 0) is 6.54 Å². The number of carbonyl (C=O) groups is 1. The normalized spacial score (nSPS) is 12.9. The number of ether oxygens (including phenoxy) is 3. The van der Waals surface area contributed by atoms with Crippen molar-refractivity contribution in [2.45, 2.75) is 6.54 Å². The molecule has 6 nitrogen and oxygen atoms in total. The van der Waals surface area contributed by atoms with Gasteiger partial charge in [0.1, 0.15) is 19.0 Å². The third kappa shape index (κ3) is 4.51. The Labute approximate surface area is 176 Å². The molecule has 0 unspecified atom stereocenters. The molecular formula is C22H19BrN2O4. The maximum atomic E-state index is 12.6.